The van der Waals surface area contributed by atoms with Gasteiger partial charge >= 0.3 is 0 Å². The molecular formula is C15H29N3O. The van der Waals surface area contributed by atoms with Crippen molar-refractivity contribution in [3.05, 3.63) is 5.69 Å². The summed E-state index contributed by atoms with van der Waals surface area (Å²) in [5, 5.41) is 4.44. The topological polar surface area (TPSA) is 53.1 Å². The molecule has 0 aliphatic rings. The zero-order valence-electron chi connectivity index (χ0n) is 13.1. The van der Waals surface area contributed by atoms with E-state index in [0.717, 1.165) is 24.6 Å². The van der Waals surface area contributed by atoms with Crippen LogP contribution in [0.1, 0.15) is 65.0 Å². The molecule has 0 spiro atoms. The molecule has 4 heteroatoms. The van der Waals surface area contributed by atoms with Gasteiger partial charge in [0.1, 0.15) is 5.69 Å². The van der Waals surface area contributed by atoms with E-state index in [0.29, 0.717) is 17.5 Å². The fourth-order valence-corrected chi connectivity index (χ4v) is 2.24. The lowest BCUT2D eigenvalue weighted by Gasteiger charge is -2.15. The number of rotatable bonds is 8. The van der Waals surface area contributed by atoms with Crippen molar-refractivity contribution in [1.29, 1.82) is 0 Å². The summed E-state index contributed by atoms with van der Waals surface area (Å²) in [5.41, 5.74) is 7.75. The molecular weight excluding hydrogens is 238 g/mol. The second kappa shape index (κ2) is 7.41. The molecule has 0 saturated heterocycles. The van der Waals surface area contributed by atoms with Gasteiger partial charge in [-0.3, -0.25) is 0 Å². The molecule has 1 aromatic rings. The van der Waals surface area contributed by atoms with Crippen LogP contribution in [0.25, 0.3) is 0 Å². The predicted molar refractivity (Wildman–Crippen MR) is 80.5 cm³/mol. The molecule has 0 bridgehead atoms. The fraction of sp³-hybridized carbons (Fsp3) is 0.800. The Hall–Kier alpha value is -1.19. The minimum Gasteiger partial charge on any atom is -0.476 e. The number of hydrogen-bond acceptors (Lipinski definition) is 3. The second-order valence-electron chi connectivity index (χ2n) is 5.61. The standard InChI is InChI=1S/C15H29N3O/c1-6-8-9-12(7-2)10-19-15-13(16)14(11(3)4)17-18(15)5/h11-12H,6-10,16H2,1-5H3. The first-order valence-corrected chi connectivity index (χ1v) is 7.46. The average molecular weight is 267 g/mol. The van der Waals surface area contributed by atoms with E-state index in [2.05, 4.69) is 32.8 Å². The molecule has 4 nitrogen and oxygen atoms in total. The van der Waals surface area contributed by atoms with E-state index in [9.17, 15) is 0 Å². The summed E-state index contributed by atoms with van der Waals surface area (Å²) in [7, 11) is 1.89. The molecule has 0 saturated carbocycles. The van der Waals surface area contributed by atoms with E-state index >= 15 is 0 Å². The number of nitrogens with zero attached hydrogens (tertiary/aromatic N) is 2. The lowest BCUT2D eigenvalue weighted by Crippen LogP contribution is -2.13. The van der Waals surface area contributed by atoms with Crippen LogP contribution in [0.4, 0.5) is 5.69 Å². The van der Waals surface area contributed by atoms with E-state index in [-0.39, 0.29) is 0 Å². The van der Waals surface area contributed by atoms with Crippen LogP contribution in [0.2, 0.25) is 0 Å². The normalized spacial score (nSPS) is 12.9. The van der Waals surface area contributed by atoms with Crippen molar-refractivity contribution in [1.82, 2.24) is 9.78 Å². The number of hydrogen-bond donors (Lipinski definition) is 1. The highest BCUT2D eigenvalue weighted by Gasteiger charge is 2.18. The molecule has 0 amide bonds. The SMILES string of the molecule is CCCCC(CC)COc1c(N)c(C(C)C)nn1C. The molecule has 1 rings (SSSR count). The Bertz CT molecular complexity index is 385. The number of aromatic nitrogens is 2. The summed E-state index contributed by atoms with van der Waals surface area (Å²) in [6.45, 7) is 9.37. The molecule has 0 aliphatic heterocycles. The van der Waals surface area contributed by atoms with Crippen LogP contribution in [-0.2, 0) is 7.05 Å². The van der Waals surface area contributed by atoms with Crippen LogP contribution in [-0.4, -0.2) is 16.4 Å². The van der Waals surface area contributed by atoms with Gasteiger partial charge in [-0.05, 0) is 18.3 Å². The molecule has 1 atom stereocenters. The first-order valence-electron chi connectivity index (χ1n) is 7.46. The van der Waals surface area contributed by atoms with E-state index in [4.69, 9.17) is 10.5 Å². The highest BCUT2D eigenvalue weighted by Crippen LogP contribution is 2.30. The summed E-state index contributed by atoms with van der Waals surface area (Å²) in [4.78, 5) is 0. The summed E-state index contributed by atoms with van der Waals surface area (Å²) in [6.07, 6.45) is 4.87. The first-order chi connectivity index (χ1) is 9.01. The minimum absolute atomic E-state index is 0.325. The van der Waals surface area contributed by atoms with Gasteiger partial charge in [-0.2, -0.15) is 5.10 Å². The summed E-state index contributed by atoms with van der Waals surface area (Å²) >= 11 is 0. The maximum absolute atomic E-state index is 6.12. The summed E-state index contributed by atoms with van der Waals surface area (Å²) in [6, 6.07) is 0. The smallest absolute Gasteiger partial charge is 0.235 e. The molecule has 0 aliphatic carbocycles. The Morgan fingerprint density at radius 3 is 2.47 bits per heavy atom. The summed E-state index contributed by atoms with van der Waals surface area (Å²) < 4.78 is 7.69. The predicted octanol–water partition coefficient (Wildman–Crippen LogP) is 3.72. The quantitative estimate of drug-likeness (QED) is 0.781. The first kappa shape index (κ1) is 15.9. The molecule has 0 aromatic carbocycles. The maximum Gasteiger partial charge on any atom is 0.235 e. The van der Waals surface area contributed by atoms with Gasteiger partial charge in [0, 0.05) is 7.05 Å². The van der Waals surface area contributed by atoms with Crippen molar-refractivity contribution in [2.24, 2.45) is 13.0 Å². The summed E-state index contributed by atoms with van der Waals surface area (Å²) in [5.74, 6) is 1.65. The van der Waals surface area contributed by atoms with Gasteiger partial charge in [0.15, 0.2) is 0 Å². The van der Waals surface area contributed by atoms with Gasteiger partial charge in [-0.1, -0.05) is 47.0 Å². The number of unbranched alkanes of at least 4 members (excludes halogenated alkanes) is 1. The molecule has 19 heavy (non-hydrogen) atoms. The third kappa shape index (κ3) is 4.15. The van der Waals surface area contributed by atoms with Crippen LogP contribution in [0.5, 0.6) is 5.88 Å². The van der Waals surface area contributed by atoms with Crippen LogP contribution in [0, 0.1) is 5.92 Å². The minimum atomic E-state index is 0.325. The number of anilines is 1. The largest absolute Gasteiger partial charge is 0.476 e. The van der Waals surface area contributed by atoms with Crippen LogP contribution in [0.3, 0.4) is 0 Å². The highest BCUT2D eigenvalue weighted by atomic mass is 16.5. The van der Waals surface area contributed by atoms with Gasteiger partial charge in [0.2, 0.25) is 5.88 Å². The van der Waals surface area contributed by atoms with Crippen molar-refractivity contribution in [2.75, 3.05) is 12.3 Å². The van der Waals surface area contributed by atoms with Gasteiger partial charge in [0.05, 0.1) is 12.3 Å². The average Bonchev–Trinajstić information content (AvgIpc) is 2.66. The van der Waals surface area contributed by atoms with Gasteiger partial charge in [-0.25, -0.2) is 4.68 Å². The molecule has 110 valence electrons. The second-order valence-corrected chi connectivity index (χ2v) is 5.61. The molecule has 1 aromatic heterocycles. The van der Waals surface area contributed by atoms with E-state index < -0.39 is 0 Å². The fourth-order valence-electron chi connectivity index (χ4n) is 2.24. The van der Waals surface area contributed by atoms with Crippen molar-refractivity contribution in [2.45, 2.75) is 59.3 Å². The molecule has 1 unspecified atom stereocenters. The third-order valence-corrected chi connectivity index (χ3v) is 3.60. The van der Waals surface area contributed by atoms with E-state index in [1.807, 2.05) is 7.05 Å². The lowest BCUT2D eigenvalue weighted by atomic mass is 10.0. The number of nitrogens with two attached hydrogens (primary N) is 1. The number of ether oxygens (including phenoxy) is 1. The number of nitrogen functional groups attached to an aromatic ring is 1. The van der Waals surface area contributed by atoms with Gasteiger partial charge in [-0.15, -0.1) is 0 Å². The Kier molecular flexibility index (Phi) is 6.19. The molecule has 2 N–H and O–H groups in total. The lowest BCUT2D eigenvalue weighted by molar-refractivity contribution is 0.218. The van der Waals surface area contributed by atoms with Crippen LogP contribution < -0.4 is 10.5 Å². The van der Waals surface area contributed by atoms with E-state index in [1.165, 1.54) is 19.3 Å². The van der Waals surface area contributed by atoms with Crippen molar-refractivity contribution >= 4 is 5.69 Å². The monoisotopic (exact) mass is 267 g/mol. The van der Waals surface area contributed by atoms with Crippen LogP contribution >= 0.6 is 0 Å². The van der Waals surface area contributed by atoms with Gasteiger partial charge in [0.25, 0.3) is 0 Å². The Balaban J connectivity index is 2.66. The number of aryl methyl sites for hydroxylation is 1. The molecule has 0 fully saturated rings. The zero-order chi connectivity index (χ0) is 14.4. The Morgan fingerprint density at radius 2 is 2.00 bits per heavy atom. The van der Waals surface area contributed by atoms with Crippen LogP contribution in [0.15, 0.2) is 0 Å². The maximum atomic E-state index is 6.12. The Labute approximate surface area is 117 Å². The highest BCUT2D eigenvalue weighted by molar-refractivity contribution is 5.54. The van der Waals surface area contributed by atoms with E-state index in [1.54, 1.807) is 4.68 Å². The molecule has 1 heterocycles. The van der Waals surface area contributed by atoms with Gasteiger partial charge < -0.3 is 10.5 Å². The Morgan fingerprint density at radius 1 is 1.32 bits per heavy atom. The van der Waals surface area contributed by atoms with Crippen molar-refractivity contribution in [3.63, 3.8) is 0 Å². The third-order valence-electron chi connectivity index (χ3n) is 3.60. The zero-order valence-corrected chi connectivity index (χ0v) is 13.1. The van der Waals surface area contributed by atoms with Crippen molar-refractivity contribution < 1.29 is 4.74 Å². The molecule has 0 radical (unpaired) electrons. The van der Waals surface area contributed by atoms with Crippen molar-refractivity contribution in [3.8, 4) is 5.88 Å².